The van der Waals surface area contributed by atoms with Gasteiger partial charge in [0, 0.05) is 36.8 Å². The molecule has 0 aromatic carbocycles. The van der Waals surface area contributed by atoms with Gasteiger partial charge in [-0.15, -0.1) is 0 Å². The number of ether oxygens (including phenoxy) is 2. The number of carboxylic acid groups (broad SMARTS) is 1. The minimum absolute atomic E-state index is 0.171. The van der Waals surface area contributed by atoms with E-state index in [1.807, 2.05) is 6.92 Å². The lowest BCUT2D eigenvalue weighted by atomic mass is 9.96. The third-order valence-electron chi connectivity index (χ3n) is 3.51. The van der Waals surface area contributed by atoms with Gasteiger partial charge in [-0.3, -0.25) is 4.79 Å². The van der Waals surface area contributed by atoms with E-state index >= 15 is 0 Å². The largest absolute Gasteiger partial charge is 0.477 e. The molecule has 6 heteroatoms. The zero-order chi connectivity index (χ0) is 13.6. The minimum atomic E-state index is -1.20. The Morgan fingerprint density at radius 2 is 2.05 bits per heavy atom. The smallest absolute Gasteiger partial charge is 0.341 e. The van der Waals surface area contributed by atoms with Gasteiger partial charge in [0.15, 0.2) is 5.43 Å². The highest BCUT2D eigenvalue weighted by Gasteiger charge is 2.30. The Bertz CT molecular complexity index is 656. The Kier molecular flexibility index (Phi) is 2.58. The van der Waals surface area contributed by atoms with E-state index in [-0.39, 0.29) is 12.4 Å². The van der Waals surface area contributed by atoms with Crippen LogP contribution >= 0.6 is 0 Å². The van der Waals surface area contributed by atoms with Gasteiger partial charge in [-0.05, 0) is 6.92 Å². The quantitative estimate of drug-likeness (QED) is 0.857. The lowest BCUT2D eigenvalue weighted by molar-refractivity contribution is 0.0688. The lowest BCUT2D eigenvalue weighted by Crippen LogP contribution is -2.28. The second-order valence-corrected chi connectivity index (χ2v) is 4.49. The van der Waals surface area contributed by atoms with Gasteiger partial charge in [0.25, 0.3) is 0 Å². The number of rotatable bonds is 2. The number of carboxylic acids is 1. The van der Waals surface area contributed by atoms with E-state index < -0.39 is 11.4 Å². The topological polar surface area (TPSA) is 77.8 Å². The number of hydrogen-bond acceptors (Lipinski definition) is 4. The molecule has 0 spiro atoms. The molecule has 2 aliphatic rings. The van der Waals surface area contributed by atoms with Crippen molar-refractivity contribution in [2.45, 2.75) is 26.3 Å². The SMILES string of the molecule is CCn1cc(C(=O)O)c(=O)c2c1CC1=C(C2)OCO1. The van der Waals surface area contributed by atoms with Crippen LogP contribution in [0.2, 0.25) is 0 Å². The van der Waals surface area contributed by atoms with Gasteiger partial charge >= 0.3 is 5.97 Å². The molecule has 0 amide bonds. The zero-order valence-corrected chi connectivity index (χ0v) is 10.4. The summed E-state index contributed by atoms with van der Waals surface area (Å²) in [7, 11) is 0. The molecule has 0 bridgehead atoms. The summed E-state index contributed by atoms with van der Waals surface area (Å²) in [4.78, 5) is 23.3. The van der Waals surface area contributed by atoms with E-state index in [1.165, 1.54) is 6.20 Å². The molecule has 1 aromatic rings. The molecule has 0 unspecified atom stereocenters. The van der Waals surface area contributed by atoms with Crippen molar-refractivity contribution in [2.75, 3.05) is 6.79 Å². The van der Waals surface area contributed by atoms with Gasteiger partial charge in [-0.25, -0.2) is 4.79 Å². The van der Waals surface area contributed by atoms with E-state index in [9.17, 15) is 9.59 Å². The van der Waals surface area contributed by atoms with Gasteiger partial charge in [-0.1, -0.05) is 0 Å². The second kappa shape index (κ2) is 4.15. The number of aromatic nitrogens is 1. The Labute approximate surface area is 108 Å². The first-order valence-electron chi connectivity index (χ1n) is 6.08. The van der Waals surface area contributed by atoms with Crippen molar-refractivity contribution in [3.63, 3.8) is 0 Å². The number of aromatic carboxylic acids is 1. The third kappa shape index (κ3) is 1.71. The van der Waals surface area contributed by atoms with Gasteiger partial charge in [0.05, 0.1) is 0 Å². The van der Waals surface area contributed by atoms with Crippen molar-refractivity contribution in [1.82, 2.24) is 4.57 Å². The van der Waals surface area contributed by atoms with Gasteiger partial charge < -0.3 is 19.1 Å². The maximum atomic E-state index is 12.2. The fourth-order valence-corrected chi connectivity index (χ4v) is 2.53. The number of hydrogen-bond donors (Lipinski definition) is 1. The van der Waals surface area contributed by atoms with E-state index in [0.29, 0.717) is 30.7 Å². The summed E-state index contributed by atoms with van der Waals surface area (Å²) in [5.41, 5.74) is 0.713. The van der Waals surface area contributed by atoms with Crippen LogP contribution in [0.25, 0.3) is 0 Å². The zero-order valence-electron chi connectivity index (χ0n) is 10.4. The highest BCUT2D eigenvalue weighted by atomic mass is 16.7. The van der Waals surface area contributed by atoms with Gasteiger partial charge in [-0.2, -0.15) is 0 Å². The minimum Gasteiger partial charge on any atom is -0.477 e. The van der Waals surface area contributed by atoms with Crippen LogP contribution in [-0.2, 0) is 28.9 Å². The average molecular weight is 263 g/mol. The summed E-state index contributed by atoms with van der Waals surface area (Å²) >= 11 is 0. The van der Waals surface area contributed by atoms with E-state index in [1.54, 1.807) is 4.57 Å². The first kappa shape index (κ1) is 11.8. The molecule has 0 radical (unpaired) electrons. The molecule has 1 aliphatic carbocycles. The molecule has 0 saturated carbocycles. The highest BCUT2D eigenvalue weighted by Crippen LogP contribution is 2.29. The first-order valence-corrected chi connectivity index (χ1v) is 6.08. The molecule has 100 valence electrons. The number of carbonyl (C=O) groups is 1. The summed E-state index contributed by atoms with van der Waals surface area (Å²) in [6.45, 7) is 2.68. The van der Waals surface area contributed by atoms with Gasteiger partial charge in [0.2, 0.25) is 6.79 Å². The molecule has 6 nitrogen and oxygen atoms in total. The summed E-state index contributed by atoms with van der Waals surface area (Å²) < 4.78 is 12.5. The van der Waals surface area contributed by atoms with Crippen LogP contribution in [0.3, 0.4) is 0 Å². The van der Waals surface area contributed by atoms with Crippen molar-refractivity contribution >= 4 is 5.97 Å². The number of allylic oxidation sites excluding steroid dienone is 2. The average Bonchev–Trinajstić information content (AvgIpc) is 2.84. The molecule has 1 aromatic heterocycles. The molecular weight excluding hydrogens is 250 g/mol. The number of aryl methyl sites for hydroxylation is 1. The summed E-state index contributed by atoms with van der Waals surface area (Å²) in [6, 6.07) is 0. The highest BCUT2D eigenvalue weighted by molar-refractivity contribution is 5.87. The number of pyridine rings is 1. The fourth-order valence-electron chi connectivity index (χ4n) is 2.53. The maximum absolute atomic E-state index is 12.2. The van der Waals surface area contributed by atoms with Crippen molar-refractivity contribution < 1.29 is 19.4 Å². The van der Waals surface area contributed by atoms with Gasteiger partial charge in [0.1, 0.15) is 17.1 Å². The van der Waals surface area contributed by atoms with Crippen molar-refractivity contribution in [3.8, 4) is 0 Å². The molecule has 0 saturated heterocycles. The monoisotopic (exact) mass is 263 g/mol. The normalized spacial score (nSPS) is 16.5. The van der Waals surface area contributed by atoms with Crippen LogP contribution in [0.1, 0.15) is 28.5 Å². The molecule has 1 N–H and O–H groups in total. The Hall–Kier alpha value is -2.24. The lowest BCUT2D eigenvalue weighted by Gasteiger charge is -2.20. The molecule has 0 fully saturated rings. The molecule has 1 aliphatic heterocycles. The van der Waals surface area contributed by atoms with Crippen LogP contribution in [0.5, 0.6) is 0 Å². The molecule has 19 heavy (non-hydrogen) atoms. The van der Waals surface area contributed by atoms with Crippen molar-refractivity contribution in [3.05, 3.63) is 44.8 Å². The molecule has 3 rings (SSSR count). The predicted molar refractivity (Wildman–Crippen MR) is 64.8 cm³/mol. The summed E-state index contributed by atoms with van der Waals surface area (Å²) in [5, 5.41) is 9.09. The van der Waals surface area contributed by atoms with Crippen LogP contribution in [0.4, 0.5) is 0 Å². The second-order valence-electron chi connectivity index (χ2n) is 4.49. The molecule has 0 atom stereocenters. The Morgan fingerprint density at radius 3 is 2.68 bits per heavy atom. The summed E-state index contributed by atoms with van der Waals surface area (Å²) in [5.74, 6) is 0.199. The van der Waals surface area contributed by atoms with Crippen LogP contribution in [0.15, 0.2) is 22.5 Å². The van der Waals surface area contributed by atoms with E-state index in [2.05, 4.69) is 0 Å². The molecule has 2 heterocycles. The van der Waals surface area contributed by atoms with Crippen LogP contribution in [-0.4, -0.2) is 22.4 Å². The number of fused-ring (bicyclic) bond motifs is 1. The van der Waals surface area contributed by atoms with E-state index in [0.717, 1.165) is 11.5 Å². The third-order valence-corrected chi connectivity index (χ3v) is 3.51. The Balaban J connectivity index is 2.20. The fraction of sp³-hybridized carbons (Fsp3) is 0.385. The Morgan fingerprint density at radius 1 is 1.37 bits per heavy atom. The van der Waals surface area contributed by atoms with Crippen molar-refractivity contribution in [1.29, 1.82) is 0 Å². The standard InChI is InChI=1S/C13H13NO5/c1-2-14-5-8(13(16)17)12(15)7-3-10-11(4-9(7)14)19-6-18-10/h5H,2-4,6H2,1H3,(H,16,17). The number of nitrogens with zero attached hydrogens (tertiary/aromatic N) is 1. The first-order chi connectivity index (χ1) is 9.11. The van der Waals surface area contributed by atoms with E-state index in [4.69, 9.17) is 14.6 Å². The van der Waals surface area contributed by atoms with Crippen molar-refractivity contribution in [2.24, 2.45) is 0 Å². The molecular formula is C13H13NO5. The predicted octanol–water partition coefficient (Wildman–Crippen LogP) is 0.881. The summed E-state index contributed by atoms with van der Waals surface area (Å²) in [6.07, 6.45) is 2.20. The van der Waals surface area contributed by atoms with Crippen LogP contribution in [0, 0.1) is 0 Å². The maximum Gasteiger partial charge on any atom is 0.341 e. The van der Waals surface area contributed by atoms with Crippen LogP contribution < -0.4 is 5.43 Å².